The molecule has 2 aliphatic rings. The van der Waals surface area contributed by atoms with Gasteiger partial charge in [0.1, 0.15) is 5.76 Å². The topological polar surface area (TPSA) is 65.7 Å². The molecule has 1 aliphatic heterocycles. The van der Waals surface area contributed by atoms with E-state index in [2.05, 4.69) is 5.32 Å². The molecule has 3 rings (SSSR count). The fourth-order valence-electron chi connectivity index (χ4n) is 3.86. The summed E-state index contributed by atoms with van der Waals surface area (Å²) in [6.45, 7) is 3.70. The molecule has 2 N–H and O–H groups in total. The zero-order valence-electron chi connectivity index (χ0n) is 13.3. The predicted molar refractivity (Wildman–Crippen MR) is 83.3 cm³/mol. The molecule has 122 valence electrons. The Labute approximate surface area is 131 Å². The smallest absolute Gasteiger partial charge is 0.317 e. The summed E-state index contributed by atoms with van der Waals surface area (Å²) in [7, 11) is 0. The second-order valence-corrected chi connectivity index (χ2v) is 6.70. The van der Waals surface area contributed by atoms with Crippen LogP contribution in [-0.2, 0) is 6.54 Å². The van der Waals surface area contributed by atoms with Crippen LogP contribution in [0.2, 0.25) is 0 Å². The van der Waals surface area contributed by atoms with E-state index in [-0.39, 0.29) is 18.1 Å². The molecule has 0 spiro atoms. The van der Waals surface area contributed by atoms with Crippen molar-refractivity contribution in [3.63, 3.8) is 0 Å². The van der Waals surface area contributed by atoms with Crippen LogP contribution in [0.5, 0.6) is 0 Å². The van der Waals surface area contributed by atoms with Gasteiger partial charge in [-0.25, -0.2) is 4.79 Å². The summed E-state index contributed by atoms with van der Waals surface area (Å²) in [6, 6.07) is 1.85. The highest BCUT2D eigenvalue weighted by Crippen LogP contribution is 2.36. The van der Waals surface area contributed by atoms with Crippen molar-refractivity contribution >= 4 is 6.03 Å². The second-order valence-electron chi connectivity index (χ2n) is 6.70. The van der Waals surface area contributed by atoms with Crippen LogP contribution in [0.1, 0.15) is 43.4 Å². The van der Waals surface area contributed by atoms with Crippen molar-refractivity contribution in [1.82, 2.24) is 10.2 Å². The lowest BCUT2D eigenvalue weighted by Crippen LogP contribution is -2.51. The molecule has 0 aromatic carbocycles. The van der Waals surface area contributed by atoms with Gasteiger partial charge in [0.2, 0.25) is 0 Å². The third-order valence-corrected chi connectivity index (χ3v) is 5.28. The molecule has 0 bridgehead atoms. The van der Waals surface area contributed by atoms with Crippen LogP contribution >= 0.6 is 0 Å². The molecule has 5 nitrogen and oxygen atoms in total. The van der Waals surface area contributed by atoms with Gasteiger partial charge in [0.15, 0.2) is 0 Å². The van der Waals surface area contributed by atoms with Crippen molar-refractivity contribution in [2.45, 2.75) is 51.7 Å². The standard InChI is InChI=1S/C17H26N2O3/c1-12-7-9-22-16(12)10-18-17(21)19-8-6-15(20)14(11-19)13-4-2-3-5-13/h7,9,13-15,20H,2-6,8,10-11H2,1H3,(H,18,21)/t14-,15+/m0/s1. The molecule has 2 amide bonds. The summed E-state index contributed by atoms with van der Waals surface area (Å²) in [5.41, 5.74) is 1.05. The van der Waals surface area contributed by atoms with Crippen LogP contribution in [0, 0.1) is 18.8 Å². The van der Waals surface area contributed by atoms with E-state index < -0.39 is 0 Å². The van der Waals surface area contributed by atoms with E-state index in [9.17, 15) is 9.90 Å². The first-order chi connectivity index (χ1) is 10.6. The Hall–Kier alpha value is -1.49. The number of carbonyl (C=O) groups excluding carboxylic acids is 1. The monoisotopic (exact) mass is 306 g/mol. The van der Waals surface area contributed by atoms with Crippen molar-refractivity contribution in [1.29, 1.82) is 0 Å². The average molecular weight is 306 g/mol. The first-order valence-corrected chi connectivity index (χ1v) is 8.39. The fourth-order valence-corrected chi connectivity index (χ4v) is 3.86. The Morgan fingerprint density at radius 3 is 2.86 bits per heavy atom. The minimum Gasteiger partial charge on any atom is -0.467 e. The number of carbonyl (C=O) groups is 1. The number of furan rings is 1. The lowest BCUT2D eigenvalue weighted by atomic mass is 9.82. The molecule has 2 fully saturated rings. The van der Waals surface area contributed by atoms with Crippen LogP contribution in [0.4, 0.5) is 4.79 Å². The van der Waals surface area contributed by atoms with Gasteiger partial charge in [0.05, 0.1) is 18.9 Å². The largest absolute Gasteiger partial charge is 0.467 e. The van der Waals surface area contributed by atoms with Gasteiger partial charge in [-0.15, -0.1) is 0 Å². The van der Waals surface area contributed by atoms with Gasteiger partial charge in [0.25, 0.3) is 0 Å². The maximum Gasteiger partial charge on any atom is 0.317 e. The quantitative estimate of drug-likeness (QED) is 0.902. The molecular weight excluding hydrogens is 280 g/mol. The van der Waals surface area contributed by atoms with Crippen molar-refractivity contribution in [2.75, 3.05) is 13.1 Å². The number of nitrogens with zero attached hydrogens (tertiary/aromatic N) is 1. The highest BCUT2D eigenvalue weighted by Gasteiger charge is 2.36. The lowest BCUT2D eigenvalue weighted by molar-refractivity contribution is 0.0124. The van der Waals surface area contributed by atoms with Crippen molar-refractivity contribution in [3.8, 4) is 0 Å². The summed E-state index contributed by atoms with van der Waals surface area (Å²) >= 11 is 0. The first kappa shape index (κ1) is 15.4. The van der Waals surface area contributed by atoms with Gasteiger partial charge in [-0.05, 0) is 30.9 Å². The zero-order chi connectivity index (χ0) is 15.5. The number of urea groups is 1. The van der Waals surface area contributed by atoms with Gasteiger partial charge in [-0.3, -0.25) is 0 Å². The van der Waals surface area contributed by atoms with Crippen molar-refractivity contribution < 1.29 is 14.3 Å². The normalized spacial score (nSPS) is 26.4. The molecule has 1 aliphatic carbocycles. The lowest BCUT2D eigenvalue weighted by Gasteiger charge is -2.39. The minimum atomic E-state index is -0.250. The molecule has 0 radical (unpaired) electrons. The molecule has 0 unspecified atom stereocenters. The van der Waals surface area contributed by atoms with E-state index in [1.54, 1.807) is 6.26 Å². The maximum absolute atomic E-state index is 12.4. The Balaban J connectivity index is 1.54. The highest BCUT2D eigenvalue weighted by atomic mass is 16.3. The van der Waals surface area contributed by atoms with Gasteiger partial charge in [0, 0.05) is 19.0 Å². The van der Waals surface area contributed by atoms with E-state index >= 15 is 0 Å². The summed E-state index contributed by atoms with van der Waals surface area (Å²) in [5.74, 6) is 1.63. The van der Waals surface area contributed by atoms with E-state index in [0.29, 0.717) is 32.0 Å². The summed E-state index contributed by atoms with van der Waals surface area (Å²) in [6.07, 6.45) is 7.00. The Bertz CT molecular complexity index is 508. The summed E-state index contributed by atoms with van der Waals surface area (Å²) in [5, 5.41) is 13.2. The Morgan fingerprint density at radius 2 is 2.18 bits per heavy atom. The van der Waals surface area contributed by atoms with Crippen LogP contribution in [-0.4, -0.2) is 35.2 Å². The molecule has 2 atom stereocenters. The second kappa shape index (κ2) is 6.73. The molecule has 2 heterocycles. The number of rotatable bonds is 3. The molecular formula is C17H26N2O3. The van der Waals surface area contributed by atoms with Crippen LogP contribution in [0.25, 0.3) is 0 Å². The molecule has 1 aromatic rings. The fraction of sp³-hybridized carbons (Fsp3) is 0.706. The number of nitrogens with one attached hydrogen (secondary N) is 1. The number of likely N-dealkylation sites (tertiary alicyclic amines) is 1. The van der Waals surface area contributed by atoms with Gasteiger partial charge >= 0.3 is 6.03 Å². The molecule has 1 saturated heterocycles. The van der Waals surface area contributed by atoms with E-state index in [4.69, 9.17) is 4.42 Å². The number of aliphatic hydroxyl groups excluding tert-OH is 1. The average Bonchev–Trinajstić information content (AvgIpc) is 3.17. The van der Waals surface area contributed by atoms with Gasteiger partial charge < -0.3 is 19.7 Å². The number of amides is 2. The number of aliphatic hydroxyl groups is 1. The van der Waals surface area contributed by atoms with E-state index in [1.165, 1.54) is 25.7 Å². The van der Waals surface area contributed by atoms with Crippen LogP contribution in [0.15, 0.2) is 16.7 Å². The third-order valence-electron chi connectivity index (χ3n) is 5.28. The maximum atomic E-state index is 12.4. The number of hydrogen-bond donors (Lipinski definition) is 2. The van der Waals surface area contributed by atoms with E-state index in [1.807, 2.05) is 17.9 Å². The minimum absolute atomic E-state index is 0.0503. The van der Waals surface area contributed by atoms with Crippen LogP contribution in [0.3, 0.4) is 0 Å². The van der Waals surface area contributed by atoms with Crippen molar-refractivity contribution in [3.05, 3.63) is 23.7 Å². The third kappa shape index (κ3) is 3.29. The molecule has 1 saturated carbocycles. The Kier molecular flexibility index (Phi) is 4.71. The van der Waals surface area contributed by atoms with Crippen molar-refractivity contribution in [2.24, 2.45) is 11.8 Å². The SMILES string of the molecule is Cc1ccoc1CNC(=O)N1CC[C@@H](O)[C@H](C2CCCC2)C1. The molecule has 1 aromatic heterocycles. The zero-order valence-corrected chi connectivity index (χ0v) is 13.3. The highest BCUT2D eigenvalue weighted by molar-refractivity contribution is 5.74. The first-order valence-electron chi connectivity index (χ1n) is 8.39. The van der Waals surface area contributed by atoms with Gasteiger partial charge in [-0.1, -0.05) is 25.7 Å². The molecule has 5 heteroatoms. The number of piperidine rings is 1. The Morgan fingerprint density at radius 1 is 1.41 bits per heavy atom. The number of aryl methyl sites for hydroxylation is 1. The van der Waals surface area contributed by atoms with Crippen LogP contribution < -0.4 is 5.32 Å². The van der Waals surface area contributed by atoms with E-state index in [0.717, 1.165) is 11.3 Å². The van der Waals surface area contributed by atoms with Gasteiger partial charge in [-0.2, -0.15) is 0 Å². The summed E-state index contributed by atoms with van der Waals surface area (Å²) < 4.78 is 5.35. The molecule has 22 heavy (non-hydrogen) atoms. The summed E-state index contributed by atoms with van der Waals surface area (Å²) in [4.78, 5) is 14.2. The number of hydrogen-bond acceptors (Lipinski definition) is 3. The predicted octanol–water partition coefficient (Wildman–Crippen LogP) is 2.67.